The molecule has 21 heterocycles. The normalized spacial score (nSPS) is 52.7. The molecule has 0 unspecified atom stereocenters. The minimum Gasteiger partial charge on any atom is -0.394 e. The van der Waals surface area contributed by atoms with Crippen LogP contribution in [0.3, 0.4) is 0 Å². The van der Waals surface area contributed by atoms with Gasteiger partial charge >= 0.3 is 0 Å². The van der Waals surface area contributed by atoms with E-state index in [1.165, 1.54) is 11.8 Å². The highest BCUT2D eigenvalue weighted by atomic mass is 32.2. The fourth-order valence-corrected chi connectivity index (χ4v) is 12.5. The Hall–Kier alpha value is -0.660. The Balaban J connectivity index is 1.09. The summed E-state index contributed by atoms with van der Waals surface area (Å²) in [6, 6.07) is 0. The fourth-order valence-electron chi connectivity index (χ4n) is 10.9. The van der Waals surface area contributed by atoms with Crippen molar-refractivity contribution in [1.29, 1.82) is 0 Å². The second-order valence-corrected chi connectivity index (χ2v) is 23.0. The molecule has 0 spiro atoms. The predicted molar refractivity (Wildman–Crippen MR) is 262 cm³/mol. The molecule has 35 atom stereocenters. The van der Waals surface area contributed by atoms with E-state index < -0.39 is 255 Å². The van der Waals surface area contributed by atoms with Gasteiger partial charge in [-0.15, -0.1) is 0 Å². The van der Waals surface area contributed by atoms with E-state index in [1.54, 1.807) is 11.8 Å². The van der Waals surface area contributed by atoms with Crippen molar-refractivity contribution >= 4 is 23.5 Å². The topological polar surface area (TPSA) is 534 Å². The average molecular weight is 1240 g/mol. The summed E-state index contributed by atoms with van der Waals surface area (Å²) in [4.78, 5) is 0. The Labute approximate surface area is 475 Å². The molecule has 21 rings (SSSR count). The molecule has 0 aromatic rings. The van der Waals surface area contributed by atoms with Crippen LogP contribution in [0.2, 0.25) is 0 Å². The van der Waals surface area contributed by atoms with Crippen molar-refractivity contribution in [1.82, 2.24) is 0 Å². The first kappa shape index (κ1) is 67.3. The van der Waals surface area contributed by atoms with Gasteiger partial charge in [-0.2, -0.15) is 23.5 Å². The lowest BCUT2D eigenvalue weighted by molar-refractivity contribution is -0.396. The summed E-state index contributed by atoms with van der Waals surface area (Å²) in [7, 11) is 0. The second-order valence-electron chi connectivity index (χ2n) is 20.9. The van der Waals surface area contributed by atoms with Crippen LogP contribution in [0.1, 0.15) is 6.42 Å². The Morgan fingerprint density at radius 2 is 0.427 bits per heavy atom. The zero-order valence-electron chi connectivity index (χ0n) is 43.8. The molecule has 21 saturated heterocycles. The molecule has 0 radical (unpaired) electrons. The van der Waals surface area contributed by atoms with Crippen molar-refractivity contribution in [2.24, 2.45) is 0 Å². The number of hydrogen-bond acceptors (Lipinski definition) is 36. The van der Waals surface area contributed by atoms with Crippen LogP contribution in [-0.2, 0) is 66.3 Å². The first-order valence-corrected chi connectivity index (χ1v) is 29.1. The molecule has 0 amide bonds. The maximum atomic E-state index is 11.7. The molecule has 0 saturated carbocycles. The molecular weight excluding hydrogens is 1160 g/mol. The van der Waals surface area contributed by atoms with Gasteiger partial charge in [0, 0.05) is 5.75 Å². The Morgan fingerprint density at radius 1 is 0.244 bits per heavy atom. The molecule has 478 valence electrons. The van der Waals surface area contributed by atoms with E-state index in [9.17, 15) is 102 Å². The summed E-state index contributed by atoms with van der Waals surface area (Å²) in [5, 5.41) is 223. The largest absolute Gasteiger partial charge is 0.394 e. The highest BCUT2D eigenvalue weighted by Gasteiger charge is 2.59. The van der Waals surface area contributed by atoms with E-state index in [0.717, 1.165) is 5.75 Å². The molecule has 21 aliphatic rings. The number of hydrogen-bond donors (Lipinski definition) is 20. The van der Waals surface area contributed by atoms with Gasteiger partial charge in [-0.05, 0) is 24.2 Å². The molecule has 20 N–H and O–H groups in total. The highest BCUT2D eigenvalue weighted by Crippen LogP contribution is 2.39. The summed E-state index contributed by atoms with van der Waals surface area (Å²) in [6.07, 6.45) is -65.8. The fraction of sp³-hybridized carbons (Fsp3) is 1.00. The van der Waals surface area contributed by atoms with Gasteiger partial charge in [-0.25, -0.2) is 0 Å². The van der Waals surface area contributed by atoms with Crippen molar-refractivity contribution in [3.05, 3.63) is 0 Å². The highest BCUT2D eigenvalue weighted by molar-refractivity contribution is 7.99. The maximum absolute atomic E-state index is 11.7. The monoisotopic (exact) mass is 1240 g/mol. The van der Waals surface area contributed by atoms with Crippen LogP contribution < -0.4 is 0 Å². The standard InChI is InChI=1S/C46H78O34S2/c1-81-3-2-4-82-11-18-39-25(59)32(66)46(73-18)79-38-17(10-52)71-44(30(64)23(38)57)77-36-15(8-50)69-42(28(62)21(36)55)75-34-13(6-48)67-40(26(60)19(34)53)74-33-12(5-47)68-41(27(61)20(33)54)76-35-14(7-49)70-43(29(63)22(35)56)78-37-16(9-51)72-45(80-39)31(65)24(37)58/h12-66H,2-11H2,1H3/t12-,13-,14-,15-,16-,17-,18-,19-,20-,21-,22-,23+,24-,25-,26-,27-,28+,29-,30-,31-,32-,33-,34-,35-,36-,37-,38-,39-,40-,41-,42-,43-,44-,45-,46-/m1/s1. The van der Waals surface area contributed by atoms with E-state index in [1.807, 2.05) is 6.26 Å². The van der Waals surface area contributed by atoms with Crippen molar-refractivity contribution in [2.45, 2.75) is 221 Å². The molecule has 14 bridgehead atoms. The molecule has 21 aliphatic heterocycles. The SMILES string of the molecule is CSCCCSC[C@H]1O[C@@H]2O[C@H]3[C@@H](O)[C@@H](O)[C@@H](O[C@H]4[C@H](O)[C@H](O)[C@@H](O[C@H]5[C@H](O)[C@@H](O)[C@@H](O[C@H]6[C@H](O)[C@@H](O)[C@@H](O[C@H]7[C@H](O)[C@@H](O)[C@@H](O[C@H]8[C@H](O)[C@@H](O)[C@@H](O[C@H]1[C@H](O)[C@H]2O)O[C@@H]8CO)O[C@@H]7CO)O[C@@H]6CO)O[C@@H]5CO)O[C@@H]4CO)O[C@@H]3CO. The summed E-state index contributed by atoms with van der Waals surface area (Å²) in [6.45, 7) is -6.13. The molecule has 82 heavy (non-hydrogen) atoms. The van der Waals surface area contributed by atoms with Crippen LogP contribution in [0, 0.1) is 0 Å². The molecule has 0 aromatic heterocycles. The van der Waals surface area contributed by atoms with Gasteiger partial charge in [0.25, 0.3) is 0 Å². The third kappa shape index (κ3) is 14.0. The van der Waals surface area contributed by atoms with Crippen LogP contribution in [0.15, 0.2) is 0 Å². The van der Waals surface area contributed by atoms with E-state index >= 15 is 0 Å². The average Bonchev–Trinajstić information content (AvgIpc) is 2.82. The summed E-state index contributed by atoms with van der Waals surface area (Å²) in [5.74, 6) is 1.27. The quantitative estimate of drug-likeness (QED) is 0.0807. The van der Waals surface area contributed by atoms with Crippen molar-refractivity contribution < 1.29 is 168 Å². The van der Waals surface area contributed by atoms with Crippen molar-refractivity contribution in [3.63, 3.8) is 0 Å². The minimum atomic E-state index is -2.20. The lowest BCUT2D eigenvalue weighted by Gasteiger charge is -2.50. The molecule has 0 aliphatic carbocycles. The Kier molecular flexibility index (Phi) is 24.4. The van der Waals surface area contributed by atoms with E-state index in [-0.39, 0.29) is 5.75 Å². The van der Waals surface area contributed by atoms with E-state index in [0.29, 0.717) is 12.2 Å². The van der Waals surface area contributed by atoms with Crippen LogP contribution in [-0.4, -0.2) is 380 Å². The molecule has 0 aromatic carbocycles. The zero-order chi connectivity index (χ0) is 59.6. The number of rotatable bonds is 12. The maximum Gasteiger partial charge on any atom is 0.187 e. The van der Waals surface area contributed by atoms with E-state index in [4.69, 9.17) is 66.3 Å². The van der Waals surface area contributed by atoms with Gasteiger partial charge in [0.2, 0.25) is 0 Å². The number of thioether (sulfide) groups is 2. The second kappa shape index (κ2) is 29.8. The first-order chi connectivity index (χ1) is 39.2. The minimum absolute atomic E-state index is 0.0246. The lowest BCUT2D eigenvalue weighted by Crippen LogP contribution is -2.68. The lowest BCUT2D eigenvalue weighted by atomic mass is 9.95. The number of ether oxygens (including phenoxy) is 14. The molecule has 21 fully saturated rings. The van der Waals surface area contributed by atoms with Crippen LogP contribution in [0.4, 0.5) is 0 Å². The van der Waals surface area contributed by atoms with Gasteiger partial charge in [0.05, 0.1) is 45.7 Å². The number of aliphatic hydroxyl groups excluding tert-OH is 20. The third-order valence-corrected chi connectivity index (χ3v) is 17.4. The van der Waals surface area contributed by atoms with Crippen molar-refractivity contribution in [3.8, 4) is 0 Å². The summed E-state index contributed by atoms with van der Waals surface area (Å²) in [5.41, 5.74) is 0. The van der Waals surface area contributed by atoms with Crippen LogP contribution in [0.5, 0.6) is 0 Å². The van der Waals surface area contributed by atoms with Gasteiger partial charge in [-0.3, -0.25) is 0 Å². The van der Waals surface area contributed by atoms with Crippen molar-refractivity contribution in [2.75, 3.05) is 63.2 Å². The van der Waals surface area contributed by atoms with Crippen LogP contribution in [0.25, 0.3) is 0 Å². The van der Waals surface area contributed by atoms with E-state index in [2.05, 4.69) is 0 Å². The third-order valence-electron chi connectivity index (χ3n) is 15.5. The molecular formula is C46H78O34S2. The first-order valence-electron chi connectivity index (χ1n) is 26.6. The van der Waals surface area contributed by atoms with Gasteiger partial charge in [0.15, 0.2) is 44.0 Å². The smallest absolute Gasteiger partial charge is 0.187 e. The Morgan fingerprint density at radius 3 is 0.610 bits per heavy atom. The molecule has 36 heteroatoms. The Bertz CT molecular complexity index is 1920. The van der Waals surface area contributed by atoms with Crippen LogP contribution >= 0.6 is 23.5 Å². The predicted octanol–water partition coefficient (Wildman–Crippen LogP) is -12.7. The summed E-state index contributed by atoms with van der Waals surface area (Å²) >= 11 is 2.88. The van der Waals surface area contributed by atoms with Gasteiger partial charge < -0.3 is 168 Å². The number of aliphatic hydroxyl groups is 20. The molecule has 34 nitrogen and oxygen atoms in total. The zero-order valence-corrected chi connectivity index (χ0v) is 45.4. The van der Waals surface area contributed by atoms with Gasteiger partial charge in [-0.1, -0.05) is 0 Å². The van der Waals surface area contributed by atoms with Gasteiger partial charge in [0.1, 0.15) is 165 Å². The summed E-state index contributed by atoms with van der Waals surface area (Å²) < 4.78 is 81.3.